The number of ether oxygens (including phenoxy) is 2. The van der Waals surface area contributed by atoms with E-state index < -0.39 is 0 Å². The van der Waals surface area contributed by atoms with E-state index in [0.717, 1.165) is 61.4 Å². The number of nitrogens with one attached hydrogen (secondary N) is 1. The average Bonchev–Trinajstić information content (AvgIpc) is 3.49. The Morgan fingerprint density at radius 2 is 1.89 bits per heavy atom. The highest BCUT2D eigenvalue weighted by Gasteiger charge is 2.35. The van der Waals surface area contributed by atoms with Crippen LogP contribution in [0, 0.1) is 5.92 Å². The second-order valence-corrected chi connectivity index (χ2v) is 11.2. The van der Waals surface area contributed by atoms with Gasteiger partial charge in [0, 0.05) is 49.6 Å². The first kappa shape index (κ1) is 23.2. The molecule has 8 nitrogen and oxygen atoms in total. The van der Waals surface area contributed by atoms with Gasteiger partial charge in [0.2, 0.25) is 11.8 Å². The quantitative estimate of drug-likeness (QED) is 0.529. The minimum absolute atomic E-state index is 0.0955. The normalized spacial score (nSPS) is 27.2. The number of nitrogens with zero attached hydrogens (tertiary/aromatic N) is 4. The number of rotatable bonds is 7. The highest BCUT2D eigenvalue weighted by molar-refractivity contribution is 5.85. The largest absolute Gasteiger partial charge is 0.473 e. The Labute approximate surface area is 217 Å². The van der Waals surface area contributed by atoms with E-state index >= 15 is 0 Å². The molecule has 3 aromatic rings. The smallest absolute Gasteiger partial charge is 0.241 e. The zero-order valence-electron chi connectivity index (χ0n) is 21.4. The molecule has 2 saturated heterocycles. The maximum absolute atomic E-state index is 11.8. The number of aromatic nitrogens is 3. The summed E-state index contributed by atoms with van der Waals surface area (Å²) in [5.41, 5.74) is 5.25. The van der Waals surface area contributed by atoms with Crippen LogP contribution in [-0.4, -0.2) is 70.3 Å². The van der Waals surface area contributed by atoms with Crippen molar-refractivity contribution in [1.82, 2.24) is 24.8 Å². The van der Waals surface area contributed by atoms with Gasteiger partial charge >= 0.3 is 0 Å². The Balaban J connectivity index is 1.12. The zero-order valence-corrected chi connectivity index (χ0v) is 21.4. The van der Waals surface area contributed by atoms with Gasteiger partial charge < -0.3 is 19.4 Å². The van der Waals surface area contributed by atoms with Gasteiger partial charge in [-0.05, 0) is 50.2 Å². The van der Waals surface area contributed by atoms with E-state index in [4.69, 9.17) is 19.4 Å². The molecule has 0 bridgehead atoms. The SMILES string of the molecule is C[C@@H](Oc1nc(-c2ccc(C3CC(N4CCOCC4)C3)cc2)cc2ncn(C3CC3)c12)[C@H]1CNC(=O)C1. The zero-order chi connectivity index (χ0) is 24.9. The standard InChI is InChI=1S/C29H35N5O3/c1-18(22-14-27(35)30-16-22)37-29-28-26(31-17-34(28)23-6-7-23)15-25(32-29)20-4-2-19(3-5-20)21-12-24(13-21)33-8-10-36-11-9-33/h2-5,15,17-18,21-24H,6-14,16H2,1H3,(H,30,35)/t18-,21?,22-,24?/m1/s1. The molecular weight excluding hydrogens is 466 g/mol. The lowest BCUT2D eigenvalue weighted by Crippen LogP contribution is -2.48. The van der Waals surface area contributed by atoms with Gasteiger partial charge in [0.15, 0.2) is 0 Å². The van der Waals surface area contributed by atoms with E-state index in [-0.39, 0.29) is 17.9 Å². The van der Waals surface area contributed by atoms with Crippen molar-refractivity contribution in [1.29, 1.82) is 0 Å². The van der Waals surface area contributed by atoms with Gasteiger partial charge in [0.25, 0.3) is 0 Å². The van der Waals surface area contributed by atoms with Crippen molar-refractivity contribution in [2.45, 2.75) is 63.1 Å². The van der Waals surface area contributed by atoms with Gasteiger partial charge in [0.05, 0.1) is 30.8 Å². The van der Waals surface area contributed by atoms with E-state index in [0.29, 0.717) is 36.8 Å². The van der Waals surface area contributed by atoms with Crippen molar-refractivity contribution in [2.24, 2.45) is 5.92 Å². The second kappa shape index (κ2) is 9.40. The Kier molecular flexibility index (Phi) is 5.89. The molecule has 1 N–H and O–H groups in total. The Hall–Kier alpha value is -2.97. The molecule has 2 aromatic heterocycles. The summed E-state index contributed by atoms with van der Waals surface area (Å²) in [6.07, 6.45) is 7.11. The van der Waals surface area contributed by atoms with Crippen LogP contribution in [0.15, 0.2) is 36.7 Å². The summed E-state index contributed by atoms with van der Waals surface area (Å²) in [6, 6.07) is 12.2. The topological polar surface area (TPSA) is 81.5 Å². The fraction of sp³-hybridized carbons (Fsp3) is 0.552. The van der Waals surface area contributed by atoms with Crippen LogP contribution in [0.5, 0.6) is 5.88 Å². The molecule has 2 aliphatic heterocycles. The first-order chi connectivity index (χ1) is 18.1. The van der Waals surface area contributed by atoms with Crippen LogP contribution in [0.25, 0.3) is 22.3 Å². The van der Waals surface area contributed by atoms with Gasteiger partial charge in [-0.1, -0.05) is 24.3 Å². The van der Waals surface area contributed by atoms with Crippen LogP contribution in [0.1, 0.15) is 56.6 Å². The lowest BCUT2D eigenvalue weighted by atomic mass is 9.75. The molecule has 4 heterocycles. The van der Waals surface area contributed by atoms with Crippen molar-refractivity contribution in [3.8, 4) is 17.1 Å². The summed E-state index contributed by atoms with van der Waals surface area (Å²) in [7, 11) is 0. The third kappa shape index (κ3) is 4.50. The number of morpholine rings is 1. The first-order valence-electron chi connectivity index (χ1n) is 13.9. The maximum Gasteiger partial charge on any atom is 0.241 e. The van der Waals surface area contributed by atoms with Crippen LogP contribution in [-0.2, 0) is 9.53 Å². The highest BCUT2D eigenvalue weighted by atomic mass is 16.5. The molecule has 2 atom stereocenters. The molecule has 4 aliphatic rings. The minimum atomic E-state index is -0.118. The molecule has 0 radical (unpaired) electrons. The molecule has 7 rings (SSSR count). The summed E-state index contributed by atoms with van der Waals surface area (Å²) < 4.78 is 14.2. The molecule has 4 fully saturated rings. The summed E-state index contributed by atoms with van der Waals surface area (Å²) in [6.45, 7) is 6.56. The van der Waals surface area contributed by atoms with Crippen molar-refractivity contribution in [3.05, 3.63) is 42.2 Å². The van der Waals surface area contributed by atoms with Crippen LogP contribution in [0.4, 0.5) is 0 Å². The Bertz CT molecular complexity index is 1290. The summed E-state index contributed by atoms with van der Waals surface area (Å²) in [4.78, 5) is 24.1. The fourth-order valence-electron chi connectivity index (χ4n) is 6.14. The van der Waals surface area contributed by atoms with E-state index in [1.165, 1.54) is 18.4 Å². The van der Waals surface area contributed by atoms with Crippen molar-refractivity contribution >= 4 is 16.9 Å². The van der Waals surface area contributed by atoms with Crippen molar-refractivity contribution in [2.75, 3.05) is 32.8 Å². The Morgan fingerprint density at radius 1 is 1.11 bits per heavy atom. The molecule has 37 heavy (non-hydrogen) atoms. The predicted molar refractivity (Wildman–Crippen MR) is 141 cm³/mol. The van der Waals surface area contributed by atoms with Crippen molar-refractivity contribution < 1.29 is 14.3 Å². The molecule has 1 aromatic carbocycles. The summed E-state index contributed by atoms with van der Waals surface area (Å²) in [5, 5.41) is 2.93. The number of carbonyl (C=O) groups is 1. The van der Waals surface area contributed by atoms with Crippen LogP contribution >= 0.6 is 0 Å². The number of amides is 1. The molecule has 0 unspecified atom stereocenters. The average molecular weight is 502 g/mol. The number of imidazole rings is 1. The van der Waals surface area contributed by atoms with E-state index in [1.807, 2.05) is 13.3 Å². The first-order valence-corrected chi connectivity index (χ1v) is 13.9. The fourth-order valence-corrected chi connectivity index (χ4v) is 6.14. The monoisotopic (exact) mass is 501 g/mol. The number of hydrogen-bond acceptors (Lipinski definition) is 6. The minimum Gasteiger partial charge on any atom is -0.473 e. The van der Waals surface area contributed by atoms with Gasteiger partial charge in [-0.2, -0.15) is 0 Å². The number of carbonyl (C=O) groups excluding carboxylic acids is 1. The van der Waals surface area contributed by atoms with Gasteiger partial charge in [-0.3, -0.25) is 9.69 Å². The van der Waals surface area contributed by atoms with Crippen LogP contribution in [0.3, 0.4) is 0 Å². The highest BCUT2D eigenvalue weighted by Crippen LogP contribution is 2.42. The number of pyridine rings is 1. The Morgan fingerprint density at radius 3 is 2.59 bits per heavy atom. The molecule has 1 amide bonds. The van der Waals surface area contributed by atoms with Crippen molar-refractivity contribution in [3.63, 3.8) is 0 Å². The van der Waals surface area contributed by atoms with E-state index in [1.54, 1.807) is 0 Å². The molecule has 2 aliphatic carbocycles. The van der Waals surface area contributed by atoms with E-state index in [2.05, 4.69) is 45.1 Å². The molecular formula is C29H35N5O3. The lowest BCUT2D eigenvalue weighted by Gasteiger charge is -2.44. The van der Waals surface area contributed by atoms with Gasteiger partial charge in [-0.15, -0.1) is 0 Å². The van der Waals surface area contributed by atoms with Gasteiger partial charge in [-0.25, -0.2) is 9.97 Å². The second-order valence-electron chi connectivity index (χ2n) is 11.2. The summed E-state index contributed by atoms with van der Waals surface area (Å²) in [5.74, 6) is 1.50. The number of benzene rings is 1. The van der Waals surface area contributed by atoms with Crippen LogP contribution in [0.2, 0.25) is 0 Å². The third-order valence-corrected chi connectivity index (χ3v) is 8.78. The van der Waals surface area contributed by atoms with Crippen LogP contribution < -0.4 is 10.1 Å². The molecule has 2 saturated carbocycles. The lowest BCUT2D eigenvalue weighted by molar-refractivity contribution is -0.119. The molecule has 0 spiro atoms. The van der Waals surface area contributed by atoms with Gasteiger partial charge in [0.1, 0.15) is 11.6 Å². The third-order valence-electron chi connectivity index (χ3n) is 8.78. The summed E-state index contributed by atoms with van der Waals surface area (Å²) >= 11 is 0. The predicted octanol–water partition coefficient (Wildman–Crippen LogP) is 3.91. The van der Waals surface area contributed by atoms with E-state index in [9.17, 15) is 4.79 Å². The number of fused-ring (bicyclic) bond motifs is 1. The maximum atomic E-state index is 11.8. The number of hydrogen-bond donors (Lipinski definition) is 1. The molecule has 8 heteroatoms. The molecule has 194 valence electrons.